The number of hydrazone groups is 1. The molecule has 0 saturated heterocycles. The number of hydrogen-bond acceptors (Lipinski definition) is 9. The Hall–Kier alpha value is -3.88. The quantitative estimate of drug-likeness (QED) is 0.413. The highest BCUT2D eigenvalue weighted by Crippen LogP contribution is 2.26. The summed E-state index contributed by atoms with van der Waals surface area (Å²) >= 11 is 0. The lowest BCUT2D eigenvalue weighted by molar-refractivity contribution is 0.355. The standard InChI is InChI=1S/C21H25N7O2/c1-28(2)21-25-19(22-13-15-8-6-5-7-9-15)24-20(26-21)27-23-14-16-10-11-17(29-3)18(12-16)30-4/h5-12,14H,13H2,1-4H3,(H2,22,24,25,26,27)/b23-14-. The van der Waals surface area contributed by atoms with Crippen LogP contribution in [-0.4, -0.2) is 49.5 Å². The van der Waals surface area contributed by atoms with Gasteiger partial charge in [-0.3, -0.25) is 0 Å². The van der Waals surface area contributed by atoms with Crippen molar-refractivity contribution in [2.45, 2.75) is 6.54 Å². The highest BCUT2D eigenvalue weighted by atomic mass is 16.5. The second kappa shape index (κ2) is 10.1. The fraction of sp³-hybridized carbons (Fsp3) is 0.238. The topological polar surface area (TPSA) is 96.8 Å². The molecule has 0 amide bonds. The number of benzene rings is 2. The molecule has 3 aromatic rings. The zero-order valence-corrected chi connectivity index (χ0v) is 17.5. The van der Waals surface area contributed by atoms with Crippen LogP contribution in [-0.2, 0) is 6.54 Å². The Morgan fingerprint density at radius 1 is 0.933 bits per heavy atom. The van der Waals surface area contributed by atoms with Crippen molar-refractivity contribution in [3.63, 3.8) is 0 Å². The number of anilines is 3. The first kappa shape index (κ1) is 20.8. The molecule has 0 bridgehead atoms. The van der Waals surface area contributed by atoms with Crippen molar-refractivity contribution in [2.24, 2.45) is 5.10 Å². The molecule has 1 heterocycles. The Balaban J connectivity index is 1.73. The lowest BCUT2D eigenvalue weighted by Gasteiger charge is -2.13. The van der Waals surface area contributed by atoms with Gasteiger partial charge < -0.3 is 19.7 Å². The molecule has 0 radical (unpaired) electrons. The lowest BCUT2D eigenvalue weighted by atomic mass is 10.2. The zero-order valence-electron chi connectivity index (χ0n) is 17.5. The van der Waals surface area contributed by atoms with Crippen LogP contribution in [0.4, 0.5) is 17.8 Å². The summed E-state index contributed by atoms with van der Waals surface area (Å²) in [6.07, 6.45) is 1.65. The summed E-state index contributed by atoms with van der Waals surface area (Å²) in [6, 6.07) is 15.6. The van der Waals surface area contributed by atoms with Crippen LogP contribution in [0, 0.1) is 0 Å². The fourth-order valence-corrected chi connectivity index (χ4v) is 2.57. The van der Waals surface area contributed by atoms with Crippen LogP contribution < -0.4 is 25.1 Å². The first-order chi connectivity index (χ1) is 14.6. The second-order valence-corrected chi connectivity index (χ2v) is 6.50. The molecule has 0 aliphatic carbocycles. The highest BCUT2D eigenvalue weighted by Gasteiger charge is 2.08. The first-order valence-corrected chi connectivity index (χ1v) is 9.31. The zero-order chi connectivity index (χ0) is 21.3. The fourth-order valence-electron chi connectivity index (χ4n) is 2.57. The summed E-state index contributed by atoms with van der Waals surface area (Å²) < 4.78 is 10.6. The third kappa shape index (κ3) is 5.57. The number of aromatic nitrogens is 3. The lowest BCUT2D eigenvalue weighted by Crippen LogP contribution is -2.16. The molecular formula is C21H25N7O2. The van der Waals surface area contributed by atoms with Gasteiger partial charge in [0, 0.05) is 20.6 Å². The van der Waals surface area contributed by atoms with Gasteiger partial charge in [0.2, 0.25) is 17.8 Å². The van der Waals surface area contributed by atoms with Gasteiger partial charge >= 0.3 is 0 Å². The Morgan fingerprint density at radius 3 is 2.37 bits per heavy atom. The van der Waals surface area contributed by atoms with Crippen LogP contribution in [0.25, 0.3) is 0 Å². The van der Waals surface area contributed by atoms with E-state index in [2.05, 4.69) is 30.8 Å². The Kier molecular flexibility index (Phi) is 6.99. The van der Waals surface area contributed by atoms with Crippen molar-refractivity contribution in [1.29, 1.82) is 0 Å². The molecular weight excluding hydrogens is 382 g/mol. The van der Waals surface area contributed by atoms with Gasteiger partial charge in [0.25, 0.3) is 0 Å². The molecule has 0 saturated carbocycles. The molecule has 9 heteroatoms. The van der Waals surface area contributed by atoms with Gasteiger partial charge in [0.1, 0.15) is 0 Å². The predicted octanol–water partition coefficient (Wildman–Crippen LogP) is 3.01. The van der Waals surface area contributed by atoms with Crippen molar-refractivity contribution in [3.8, 4) is 11.5 Å². The van der Waals surface area contributed by atoms with E-state index >= 15 is 0 Å². The number of methoxy groups -OCH3 is 2. The Labute approximate surface area is 175 Å². The predicted molar refractivity (Wildman–Crippen MR) is 119 cm³/mol. The van der Waals surface area contributed by atoms with Crippen LogP contribution in [0.5, 0.6) is 11.5 Å². The Morgan fingerprint density at radius 2 is 1.67 bits per heavy atom. The van der Waals surface area contributed by atoms with E-state index in [-0.39, 0.29) is 0 Å². The smallest absolute Gasteiger partial charge is 0.250 e. The number of hydrogen-bond donors (Lipinski definition) is 2. The van der Waals surface area contributed by atoms with Crippen LogP contribution in [0.1, 0.15) is 11.1 Å². The van der Waals surface area contributed by atoms with Gasteiger partial charge in [-0.1, -0.05) is 30.3 Å². The van der Waals surface area contributed by atoms with Crippen LogP contribution in [0.15, 0.2) is 53.6 Å². The number of nitrogens with one attached hydrogen (secondary N) is 2. The molecule has 0 fully saturated rings. The van der Waals surface area contributed by atoms with E-state index in [9.17, 15) is 0 Å². The van der Waals surface area contributed by atoms with Crippen molar-refractivity contribution < 1.29 is 9.47 Å². The normalized spacial score (nSPS) is 10.7. The highest BCUT2D eigenvalue weighted by molar-refractivity contribution is 5.81. The third-order valence-corrected chi connectivity index (χ3v) is 4.10. The molecule has 0 unspecified atom stereocenters. The van der Waals surface area contributed by atoms with Crippen molar-refractivity contribution >= 4 is 24.1 Å². The average molecular weight is 407 g/mol. The Bertz CT molecular complexity index is 994. The average Bonchev–Trinajstić information content (AvgIpc) is 2.78. The minimum atomic E-state index is 0.334. The maximum atomic E-state index is 5.31. The van der Waals surface area contributed by atoms with Gasteiger partial charge in [-0.05, 0) is 29.3 Å². The molecule has 2 aromatic carbocycles. The molecule has 2 N–H and O–H groups in total. The maximum absolute atomic E-state index is 5.31. The van der Waals surface area contributed by atoms with E-state index < -0.39 is 0 Å². The van der Waals surface area contributed by atoms with E-state index in [0.717, 1.165) is 11.1 Å². The summed E-state index contributed by atoms with van der Waals surface area (Å²) in [4.78, 5) is 15.0. The molecule has 30 heavy (non-hydrogen) atoms. The van der Waals surface area contributed by atoms with Crippen LogP contribution in [0.2, 0.25) is 0 Å². The van der Waals surface area contributed by atoms with Gasteiger partial charge in [-0.2, -0.15) is 20.1 Å². The summed E-state index contributed by atoms with van der Waals surface area (Å²) in [6.45, 7) is 0.603. The SMILES string of the molecule is COc1ccc(/C=N\Nc2nc(NCc3ccccc3)nc(N(C)C)n2)cc1OC. The molecule has 0 aliphatic heterocycles. The van der Waals surface area contributed by atoms with E-state index in [1.807, 2.05) is 62.6 Å². The minimum absolute atomic E-state index is 0.334. The first-order valence-electron chi connectivity index (χ1n) is 9.31. The van der Waals surface area contributed by atoms with Crippen LogP contribution in [0.3, 0.4) is 0 Å². The molecule has 9 nitrogen and oxygen atoms in total. The summed E-state index contributed by atoms with van der Waals surface area (Å²) in [5.41, 5.74) is 4.83. The summed E-state index contributed by atoms with van der Waals surface area (Å²) in [7, 11) is 6.92. The van der Waals surface area contributed by atoms with Crippen LogP contribution >= 0.6 is 0 Å². The van der Waals surface area contributed by atoms with Crippen molar-refractivity contribution in [3.05, 3.63) is 59.7 Å². The summed E-state index contributed by atoms with van der Waals surface area (Å²) in [5.74, 6) is 2.60. The van der Waals surface area contributed by atoms with E-state index in [1.54, 1.807) is 25.3 Å². The van der Waals surface area contributed by atoms with E-state index in [0.29, 0.717) is 35.9 Å². The maximum Gasteiger partial charge on any atom is 0.250 e. The number of nitrogens with zero attached hydrogens (tertiary/aromatic N) is 5. The van der Waals surface area contributed by atoms with Gasteiger partial charge in [0.05, 0.1) is 20.4 Å². The molecule has 156 valence electrons. The van der Waals surface area contributed by atoms with E-state index in [4.69, 9.17) is 9.47 Å². The molecule has 1 aromatic heterocycles. The number of rotatable bonds is 9. The van der Waals surface area contributed by atoms with E-state index in [1.165, 1.54) is 0 Å². The van der Waals surface area contributed by atoms with Gasteiger partial charge in [-0.25, -0.2) is 5.43 Å². The largest absolute Gasteiger partial charge is 0.493 e. The second-order valence-electron chi connectivity index (χ2n) is 6.50. The molecule has 0 spiro atoms. The number of ether oxygens (including phenoxy) is 2. The van der Waals surface area contributed by atoms with Gasteiger partial charge in [-0.15, -0.1) is 0 Å². The third-order valence-electron chi connectivity index (χ3n) is 4.10. The summed E-state index contributed by atoms with van der Waals surface area (Å²) in [5, 5.41) is 7.45. The van der Waals surface area contributed by atoms with Gasteiger partial charge in [0.15, 0.2) is 11.5 Å². The van der Waals surface area contributed by atoms with Crippen molar-refractivity contribution in [1.82, 2.24) is 15.0 Å². The monoisotopic (exact) mass is 407 g/mol. The molecule has 0 aliphatic rings. The molecule has 0 atom stereocenters. The van der Waals surface area contributed by atoms with Crippen molar-refractivity contribution in [2.75, 3.05) is 44.0 Å². The minimum Gasteiger partial charge on any atom is -0.493 e. The molecule has 3 rings (SSSR count).